The van der Waals surface area contributed by atoms with Crippen molar-refractivity contribution in [3.8, 4) is 22.3 Å². The van der Waals surface area contributed by atoms with E-state index >= 15 is 0 Å². The van der Waals surface area contributed by atoms with Gasteiger partial charge in [0.25, 0.3) is 0 Å². The van der Waals surface area contributed by atoms with E-state index in [0.717, 1.165) is 16.1 Å². The molecule has 0 fully saturated rings. The number of hydrogen-bond donors (Lipinski definition) is 0. The Bertz CT molecular complexity index is 1750. The van der Waals surface area contributed by atoms with E-state index in [4.69, 9.17) is 11.6 Å². The van der Waals surface area contributed by atoms with Gasteiger partial charge >= 0.3 is 0 Å². The third-order valence-corrected chi connectivity index (χ3v) is 7.81. The van der Waals surface area contributed by atoms with Gasteiger partial charge in [-0.25, -0.2) is 0 Å². The lowest BCUT2D eigenvalue weighted by Gasteiger charge is -2.34. The van der Waals surface area contributed by atoms with Crippen LogP contribution < -0.4 is 0 Å². The van der Waals surface area contributed by atoms with Crippen molar-refractivity contribution in [2.75, 3.05) is 0 Å². The first-order valence-corrected chi connectivity index (χ1v) is 12.7. The summed E-state index contributed by atoms with van der Waals surface area (Å²) < 4.78 is 0. The summed E-state index contributed by atoms with van der Waals surface area (Å²) in [6.45, 7) is 0. The largest absolute Gasteiger partial charge is 0.0843 e. The van der Waals surface area contributed by atoms with Gasteiger partial charge in [0.2, 0.25) is 0 Å². The molecule has 0 aliphatic heterocycles. The maximum atomic E-state index is 6.37. The molecule has 0 radical (unpaired) electrons. The normalized spacial score (nSPS) is 16.0. The van der Waals surface area contributed by atoms with Crippen LogP contribution in [0.15, 0.2) is 140 Å². The highest BCUT2D eigenvalue weighted by atomic mass is 35.5. The van der Waals surface area contributed by atoms with Crippen molar-refractivity contribution in [3.05, 3.63) is 167 Å². The molecule has 1 aliphatic carbocycles. The van der Waals surface area contributed by atoms with E-state index in [1.165, 1.54) is 44.2 Å². The second kappa shape index (κ2) is 8.22. The highest BCUT2D eigenvalue weighted by molar-refractivity contribution is 6.30. The van der Waals surface area contributed by atoms with Crippen molar-refractivity contribution in [2.45, 2.75) is 5.41 Å². The monoisotopic (exact) mass is 478 g/mol. The van der Waals surface area contributed by atoms with Crippen molar-refractivity contribution in [3.63, 3.8) is 0 Å². The average Bonchev–Trinajstić information content (AvgIpc) is 3.22. The average molecular weight is 479 g/mol. The van der Waals surface area contributed by atoms with E-state index in [1.54, 1.807) is 0 Å². The van der Waals surface area contributed by atoms with Crippen LogP contribution in [0.3, 0.4) is 0 Å². The SMILES string of the molecule is Clc1cccc(-c2cccc(C3(c4ccccc4)c4ccccc4-c4cc5ccccc5cc43)c2)c1. The standard InChI is InChI=1S/C35H23Cl/c36-30-17-9-13-25(21-30)24-12-8-16-29(20-24)35(28-14-2-1-3-15-28)33-19-7-6-18-31(33)32-22-26-10-4-5-11-27(26)23-34(32)35/h1-23H. The van der Waals surface area contributed by atoms with Gasteiger partial charge in [0.05, 0.1) is 5.41 Å². The first-order chi connectivity index (χ1) is 17.7. The van der Waals surface area contributed by atoms with E-state index < -0.39 is 5.41 Å². The third-order valence-electron chi connectivity index (χ3n) is 7.57. The minimum Gasteiger partial charge on any atom is -0.0843 e. The Morgan fingerprint density at radius 3 is 1.86 bits per heavy atom. The zero-order valence-electron chi connectivity index (χ0n) is 19.7. The van der Waals surface area contributed by atoms with Crippen LogP contribution in [-0.4, -0.2) is 0 Å². The molecule has 0 aromatic heterocycles. The van der Waals surface area contributed by atoms with E-state index in [-0.39, 0.29) is 0 Å². The van der Waals surface area contributed by atoms with Gasteiger partial charge in [-0.1, -0.05) is 121 Å². The van der Waals surface area contributed by atoms with Crippen molar-refractivity contribution in [1.82, 2.24) is 0 Å². The quantitative estimate of drug-likeness (QED) is 0.237. The molecule has 7 rings (SSSR count). The van der Waals surface area contributed by atoms with Crippen LogP contribution >= 0.6 is 11.6 Å². The molecule has 0 N–H and O–H groups in total. The van der Waals surface area contributed by atoms with Crippen molar-refractivity contribution < 1.29 is 0 Å². The van der Waals surface area contributed by atoms with Gasteiger partial charge in [0.1, 0.15) is 0 Å². The fraction of sp³-hybridized carbons (Fsp3) is 0.0286. The molecular weight excluding hydrogens is 456 g/mol. The first kappa shape index (κ1) is 21.2. The molecule has 0 heterocycles. The molecule has 0 spiro atoms. The maximum Gasteiger partial charge on any atom is 0.0713 e. The summed E-state index contributed by atoms with van der Waals surface area (Å²) in [5.74, 6) is 0. The minimum absolute atomic E-state index is 0.425. The molecule has 0 saturated heterocycles. The van der Waals surface area contributed by atoms with Crippen LogP contribution in [-0.2, 0) is 5.41 Å². The fourth-order valence-corrected chi connectivity index (χ4v) is 6.23. The molecule has 1 heteroatoms. The van der Waals surface area contributed by atoms with Gasteiger partial charge in [0.15, 0.2) is 0 Å². The van der Waals surface area contributed by atoms with Crippen LogP contribution in [0.25, 0.3) is 33.0 Å². The third kappa shape index (κ3) is 3.08. The summed E-state index contributed by atoms with van der Waals surface area (Å²) >= 11 is 6.37. The summed E-state index contributed by atoms with van der Waals surface area (Å²) in [6.07, 6.45) is 0. The topological polar surface area (TPSA) is 0 Å². The van der Waals surface area contributed by atoms with Crippen LogP contribution in [0.1, 0.15) is 22.3 Å². The molecule has 1 unspecified atom stereocenters. The lowest BCUT2D eigenvalue weighted by atomic mass is 9.67. The summed E-state index contributed by atoms with van der Waals surface area (Å²) in [4.78, 5) is 0. The minimum atomic E-state index is -0.425. The molecular formula is C35H23Cl. The summed E-state index contributed by atoms with van der Waals surface area (Å²) in [6, 6.07) is 50.4. The molecule has 0 saturated carbocycles. The second-order valence-corrected chi connectivity index (χ2v) is 9.93. The highest BCUT2D eigenvalue weighted by Crippen LogP contribution is 2.57. The van der Waals surface area contributed by atoms with Crippen molar-refractivity contribution in [2.24, 2.45) is 0 Å². The van der Waals surface area contributed by atoms with Crippen LogP contribution in [0, 0.1) is 0 Å². The highest BCUT2D eigenvalue weighted by Gasteiger charge is 2.46. The zero-order chi connectivity index (χ0) is 24.1. The molecule has 0 amide bonds. The molecule has 1 aliphatic rings. The summed E-state index contributed by atoms with van der Waals surface area (Å²) in [5, 5.41) is 3.27. The predicted molar refractivity (Wildman–Crippen MR) is 152 cm³/mol. The van der Waals surface area contributed by atoms with Crippen LogP contribution in [0.5, 0.6) is 0 Å². The Balaban J connectivity index is 1.61. The molecule has 1 atom stereocenters. The lowest BCUT2D eigenvalue weighted by molar-refractivity contribution is 0.770. The smallest absolute Gasteiger partial charge is 0.0713 e. The number of rotatable bonds is 3. The van der Waals surface area contributed by atoms with E-state index in [1.807, 2.05) is 18.2 Å². The fourth-order valence-electron chi connectivity index (χ4n) is 6.04. The van der Waals surface area contributed by atoms with Crippen LogP contribution in [0.4, 0.5) is 0 Å². The molecule has 0 nitrogen and oxygen atoms in total. The molecule has 170 valence electrons. The number of benzene rings is 6. The Hall–Kier alpha value is -4.13. The van der Waals surface area contributed by atoms with E-state index in [9.17, 15) is 0 Å². The zero-order valence-corrected chi connectivity index (χ0v) is 20.4. The lowest BCUT2D eigenvalue weighted by Crippen LogP contribution is -2.28. The van der Waals surface area contributed by atoms with E-state index in [2.05, 4.69) is 121 Å². The molecule has 36 heavy (non-hydrogen) atoms. The first-order valence-electron chi connectivity index (χ1n) is 12.3. The van der Waals surface area contributed by atoms with Gasteiger partial charge in [0, 0.05) is 5.02 Å². The summed E-state index contributed by atoms with van der Waals surface area (Å²) in [7, 11) is 0. The van der Waals surface area contributed by atoms with Gasteiger partial charge in [-0.2, -0.15) is 0 Å². The summed E-state index contributed by atoms with van der Waals surface area (Å²) in [5.41, 5.74) is 9.65. The Morgan fingerprint density at radius 2 is 1.06 bits per heavy atom. The second-order valence-electron chi connectivity index (χ2n) is 9.50. The maximum absolute atomic E-state index is 6.37. The molecule has 6 aromatic rings. The number of halogens is 1. The Kier molecular flexibility index (Phi) is 4.84. The number of hydrogen-bond acceptors (Lipinski definition) is 0. The van der Waals surface area contributed by atoms with Crippen molar-refractivity contribution >= 4 is 22.4 Å². The molecule has 6 aromatic carbocycles. The van der Waals surface area contributed by atoms with Crippen molar-refractivity contribution in [1.29, 1.82) is 0 Å². The van der Waals surface area contributed by atoms with Gasteiger partial charge in [-0.05, 0) is 85.6 Å². The van der Waals surface area contributed by atoms with Gasteiger partial charge in [-0.3, -0.25) is 0 Å². The molecule has 0 bridgehead atoms. The Morgan fingerprint density at radius 1 is 0.417 bits per heavy atom. The van der Waals surface area contributed by atoms with Gasteiger partial charge < -0.3 is 0 Å². The van der Waals surface area contributed by atoms with Gasteiger partial charge in [-0.15, -0.1) is 0 Å². The predicted octanol–water partition coefficient (Wildman–Crippen LogP) is 9.52. The Labute approximate surface area is 216 Å². The van der Waals surface area contributed by atoms with E-state index in [0.29, 0.717) is 0 Å². The number of fused-ring (bicyclic) bond motifs is 4. The van der Waals surface area contributed by atoms with Crippen LogP contribution in [0.2, 0.25) is 5.02 Å².